The summed E-state index contributed by atoms with van der Waals surface area (Å²) in [5.74, 6) is 0.0368. The van der Waals surface area contributed by atoms with Crippen LogP contribution in [0.2, 0.25) is 0 Å². The van der Waals surface area contributed by atoms with E-state index in [0.717, 1.165) is 29.7 Å². The molecule has 1 aliphatic carbocycles. The molecule has 0 aromatic heterocycles. The lowest BCUT2D eigenvalue weighted by molar-refractivity contribution is -0.137. The summed E-state index contributed by atoms with van der Waals surface area (Å²) in [6, 6.07) is 4.26. The van der Waals surface area contributed by atoms with E-state index in [2.05, 4.69) is 46.9 Å². The third kappa shape index (κ3) is 7.90. The fourth-order valence-corrected chi connectivity index (χ4v) is 4.52. The molecule has 0 atom stereocenters. The number of benzene rings is 1. The van der Waals surface area contributed by atoms with Gasteiger partial charge in [0.25, 0.3) is 0 Å². The van der Waals surface area contributed by atoms with Gasteiger partial charge in [-0.25, -0.2) is 4.79 Å². The summed E-state index contributed by atoms with van der Waals surface area (Å²) in [7, 11) is 0. The number of aromatic hydroxyl groups is 1. The largest absolute Gasteiger partial charge is 0.508 e. The molecule has 0 bridgehead atoms. The second-order valence-electron chi connectivity index (χ2n) is 11.1. The Kier molecular flexibility index (Phi) is 8.62. The Bertz CT molecular complexity index is 740. The summed E-state index contributed by atoms with van der Waals surface area (Å²) in [5, 5.41) is 13.8. The van der Waals surface area contributed by atoms with E-state index >= 15 is 0 Å². The number of rotatable bonds is 7. The summed E-state index contributed by atoms with van der Waals surface area (Å²) in [6.07, 6.45) is 9.35. The van der Waals surface area contributed by atoms with Crippen molar-refractivity contribution >= 4 is 5.97 Å². The molecule has 1 aromatic rings. The van der Waals surface area contributed by atoms with Crippen molar-refractivity contribution in [1.82, 2.24) is 5.32 Å². The van der Waals surface area contributed by atoms with Crippen LogP contribution in [0.25, 0.3) is 0 Å². The van der Waals surface area contributed by atoms with Gasteiger partial charge >= 0.3 is 5.97 Å². The zero-order chi connectivity index (χ0) is 23.2. The topological polar surface area (TPSA) is 58.6 Å². The molecular formula is C27H43NO3. The van der Waals surface area contributed by atoms with Crippen molar-refractivity contribution in [2.75, 3.05) is 6.61 Å². The standard InChI is InChI=1S/C27H43NO3/c1-19(28-20-12-9-8-10-13-20)16-25(30)31-15-11-14-22-23(26(2,3)4)17-21(29)18-24(22)27(5,6)7/h16-18,20,28-29H,8-15H2,1-7H3. The van der Waals surface area contributed by atoms with E-state index in [4.69, 9.17) is 4.74 Å². The highest BCUT2D eigenvalue weighted by Crippen LogP contribution is 2.37. The Morgan fingerprint density at radius 2 is 1.61 bits per heavy atom. The van der Waals surface area contributed by atoms with Gasteiger partial charge in [0.2, 0.25) is 0 Å². The van der Waals surface area contributed by atoms with Gasteiger partial charge in [-0.2, -0.15) is 0 Å². The molecule has 2 N–H and O–H groups in total. The van der Waals surface area contributed by atoms with Crippen LogP contribution in [0, 0.1) is 0 Å². The van der Waals surface area contributed by atoms with Crippen LogP contribution in [0.1, 0.15) is 104 Å². The second kappa shape index (κ2) is 10.6. The minimum Gasteiger partial charge on any atom is -0.508 e. The molecule has 2 rings (SSSR count). The first kappa shape index (κ1) is 25.3. The minimum atomic E-state index is -0.279. The highest BCUT2D eigenvalue weighted by atomic mass is 16.5. The van der Waals surface area contributed by atoms with Gasteiger partial charge in [0.1, 0.15) is 5.75 Å². The van der Waals surface area contributed by atoms with E-state index < -0.39 is 0 Å². The third-order valence-electron chi connectivity index (χ3n) is 6.04. The van der Waals surface area contributed by atoms with Crippen LogP contribution in [-0.2, 0) is 26.8 Å². The normalized spacial score (nSPS) is 16.3. The molecule has 1 fully saturated rings. The van der Waals surface area contributed by atoms with E-state index in [1.807, 2.05) is 19.1 Å². The quantitative estimate of drug-likeness (QED) is 0.304. The Balaban J connectivity index is 1.98. The molecule has 174 valence electrons. The number of phenols is 1. The molecule has 1 saturated carbocycles. The van der Waals surface area contributed by atoms with Gasteiger partial charge in [-0.1, -0.05) is 60.8 Å². The Morgan fingerprint density at radius 3 is 2.13 bits per heavy atom. The van der Waals surface area contributed by atoms with Gasteiger partial charge in [0.05, 0.1) is 6.61 Å². The minimum absolute atomic E-state index is 0.0740. The smallest absolute Gasteiger partial charge is 0.332 e. The average molecular weight is 430 g/mol. The van der Waals surface area contributed by atoms with E-state index in [9.17, 15) is 9.90 Å². The molecule has 0 aliphatic heterocycles. The predicted octanol–water partition coefficient (Wildman–Crippen LogP) is 6.29. The van der Waals surface area contributed by atoms with Crippen molar-refractivity contribution in [2.24, 2.45) is 0 Å². The maximum absolute atomic E-state index is 12.2. The molecule has 31 heavy (non-hydrogen) atoms. The predicted molar refractivity (Wildman–Crippen MR) is 129 cm³/mol. The van der Waals surface area contributed by atoms with Crippen molar-refractivity contribution in [3.05, 3.63) is 40.6 Å². The number of phenolic OH excluding ortho intramolecular Hbond substituents is 1. The number of carbonyl (C=O) groups excluding carboxylic acids is 1. The summed E-state index contributed by atoms with van der Waals surface area (Å²) < 4.78 is 5.49. The maximum Gasteiger partial charge on any atom is 0.332 e. The van der Waals surface area contributed by atoms with E-state index in [0.29, 0.717) is 18.4 Å². The average Bonchev–Trinajstić information content (AvgIpc) is 2.64. The number of hydrogen-bond donors (Lipinski definition) is 2. The zero-order valence-electron chi connectivity index (χ0n) is 20.7. The molecule has 0 amide bonds. The van der Waals surface area contributed by atoms with Crippen LogP contribution >= 0.6 is 0 Å². The Labute approximate surface area is 189 Å². The van der Waals surface area contributed by atoms with Gasteiger partial charge in [0, 0.05) is 17.8 Å². The fourth-order valence-electron chi connectivity index (χ4n) is 4.52. The molecule has 0 radical (unpaired) electrons. The molecule has 0 unspecified atom stereocenters. The number of carbonyl (C=O) groups is 1. The molecular weight excluding hydrogens is 386 g/mol. The van der Waals surface area contributed by atoms with Crippen molar-refractivity contribution in [2.45, 2.75) is 110 Å². The van der Waals surface area contributed by atoms with Gasteiger partial charge in [-0.05, 0) is 72.3 Å². The highest BCUT2D eigenvalue weighted by molar-refractivity contribution is 5.82. The summed E-state index contributed by atoms with van der Waals surface area (Å²) in [6.45, 7) is 15.4. The molecule has 1 aliphatic rings. The number of allylic oxidation sites excluding steroid dienone is 1. The Hall–Kier alpha value is -1.97. The van der Waals surface area contributed by atoms with Crippen LogP contribution in [-0.4, -0.2) is 23.7 Å². The maximum atomic E-state index is 12.2. The fraction of sp³-hybridized carbons (Fsp3) is 0.667. The lowest BCUT2D eigenvalue weighted by Gasteiger charge is -2.30. The molecule has 0 heterocycles. The van der Waals surface area contributed by atoms with Crippen molar-refractivity contribution in [3.8, 4) is 5.75 Å². The van der Waals surface area contributed by atoms with Crippen LogP contribution < -0.4 is 5.32 Å². The van der Waals surface area contributed by atoms with Crippen LogP contribution in [0.3, 0.4) is 0 Å². The zero-order valence-corrected chi connectivity index (χ0v) is 20.7. The number of esters is 1. The SMILES string of the molecule is CC(=CC(=O)OCCCc1c(C(C)(C)C)cc(O)cc1C(C)(C)C)NC1CCCCC1. The van der Waals surface area contributed by atoms with Gasteiger partial charge in [-0.3, -0.25) is 0 Å². The van der Waals surface area contributed by atoms with Gasteiger partial charge in [-0.15, -0.1) is 0 Å². The summed E-state index contributed by atoms with van der Waals surface area (Å²) in [5.41, 5.74) is 4.33. The lowest BCUT2D eigenvalue weighted by Crippen LogP contribution is -2.29. The van der Waals surface area contributed by atoms with E-state index in [-0.39, 0.29) is 16.8 Å². The van der Waals surface area contributed by atoms with Crippen molar-refractivity contribution in [3.63, 3.8) is 0 Å². The molecule has 4 heteroatoms. The first-order chi connectivity index (χ1) is 14.4. The summed E-state index contributed by atoms with van der Waals surface area (Å²) >= 11 is 0. The molecule has 4 nitrogen and oxygen atoms in total. The molecule has 1 aromatic carbocycles. The van der Waals surface area contributed by atoms with E-state index in [1.54, 1.807) is 6.08 Å². The van der Waals surface area contributed by atoms with E-state index in [1.165, 1.54) is 37.7 Å². The second-order valence-corrected chi connectivity index (χ2v) is 11.1. The van der Waals surface area contributed by atoms with Crippen LogP contribution in [0.5, 0.6) is 5.75 Å². The first-order valence-corrected chi connectivity index (χ1v) is 11.9. The van der Waals surface area contributed by atoms with Crippen LogP contribution in [0.4, 0.5) is 0 Å². The van der Waals surface area contributed by atoms with Gasteiger partial charge in [0.15, 0.2) is 0 Å². The lowest BCUT2D eigenvalue weighted by atomic mass is 9.75. The van der Waals surface area contributed by atoms with Gasteiger partial charge < -0.3 is 15.2 Å². The summed E-state index contributed by atoms with van der Waals surface area (Å²) in [4.78, 5) is 12.2. The number of hydrogen-bond acceptors (Lipinski definition) is 4. The Morgan fingerprint density at radius 1 is 1.06 bits per heavy atom. The number of nitrogens with one attached hydrogen (secondary N) is 1. The monoisotopic (exact) mass is 429 g/mol. The molecule has 0 saturated heterocycles. The van der Waals surface area contributed by atoms with Crippen molar-refractivity contribution < 1.29 is 14.6 Å². The molecule has 0 spiro atoms. The van der Waals surface area contributed by atoms with Crippen molar-refractivity contribution in [1.29, 1.82) is 0 Å². The first-order valence-electron chi connectivity index (χ1n) is 11.9. The van der Waals surface area contributed by atoms with Crippen LogP contribution in [0.15, 0.2) is 23.9 Å². The third-order valence-corrected chi connectivity index (χ3v) is 6.04. The highest BCUT2D eigenvalue weighted by Gasteiger charge is 2.26. The number of ether oxygens (including phenoxy) is 1.